The molecule has 0 aliphatic carbocycles. The van der Waals surface area contributed by atoms with Gasteiger partial charge in [0.1, 0.15) is 0 Å². The number of aromatic amines is 2. The van der Waals surface area contributed by atoms with Gasteiger partial charge in [-0.2, -0.15) is 0 Å². The number of hydrogen-bond acceptors (Lipinski definition) is 3. The van der Waals surface area contributed by atoms with Crippen molar-refractivity contribution >= 4 is 46.4 Å². The molecular weight excluding hydrogens is 370 g/mol. The Labute approximate surface area is 172 Å². The first-order valence-corrected chi connectivity index (χ1v) is 9.77. The molecular formula is C25H17N5. The highest BCUT2D eigenvalue weighted by Gasteiger charge is 2.06. The molecule has 4 aromatic rings. The highest BCUT2D eigenvalue weighted by Crippen LogP contribution is 2.27. The lowest BCUT2D eigenvalue weighted by molar-refractivity contribution is 1.28. The van der Waals surface area contributed by atoms with Crippen molar-refractivity contribution in [2.45, 2.75) is 0 Å². The van der Waals surface area contributed by atoms with E-state index < -0.39 is 0 Å². The van der Waals surface area contributed by atoms with Crippen LogP contribution in [0.25, 0.3) is 57.5 Å². The van der Waals surface area contributed by atoms with Crippen molar-refractivity contribution in [1.29, 1.82) is 0 Å². The van der Waals surface area contributed by atoms with Gasteiger partial charge in [-0.15, -0.1) is 0 Å². The van der Waals surface area contributed by atoms with Crippen LogP contribution >= 0.6 is 0 Å². The molecule has 0 saturated heterocycles. The maximum Gasteiger partial charge on any atom is 0.0659 e. The third kappa shape index (κ3) is 3.12. The van der Waals surface area contributed by atoms with Crippen LogP contribution in [0, 0.1) is 0 Å². The molecule has 0 aromatic carbocycles. The fraction of sp³-hybridized carbons (Fsp3) is 0. The van der Waals surface area contributed by atoms with Crippen LogP contribution in [-0.4, -0.2) is 24.9 Å². The molecule has 142 valence electrons. The SMILES string of the molecule is C1=Cc2cc3ccc(cc4cc(-c5ccncc5)c(cc5nc(cc1n2)C=C5)[nH]4)[nH]3. The number of pyridine rings is 1. The average Bonchev–Trinajstić information content (AvgIpc) is 3.53. The molecule has 6 heterocycles. The molecule has 0 radical (unpaired) electrons. The number of H-pyrrole nitrogens is 2. The van der Waals surface area contributed by atoms with Crippen LogP contribution in [-0.2, 0) is 0 Å². The number of aromatic nitrogens is 5. The van der Waals surface area contributed by atoms with Gasteiger partial charge < -0.3 is 9.97 Å². The van der Waals surface area contributed by atoms with Crippen molar-refractivity contribution in [3.63, 3.8) is 0 Å². The quantitative estimate of drug-likeness (QED) is 0.379. The van der Waals surface area contributed by atoms with Gasteiger partial charge in [-0.25, -0.2) is 9.97 Å². The molecule has 0 saturated carbocycles. The topological polar surface area (TPSA) is 70.2 Å². The second kappa shape index (κ2) is 6.67. The van der Waals surface area contributed by atoms with Gasteiger partial charge in [0.25, 0.3) is 0 Å². The van der Waals surface area contributed by atoms with E-state index in [0.717, 1.165) is 56.0 Å². The zero-order chi connectivity index (χ0) is 19.9. The Morgan fingerprint density at radius 2 is 1.17 bits per heavy atom. The van der Waals surface area contributed by atoms with E-state index in [1.165, 1.54) is 0 Å². The van der Waals surface area contributed by atoms with Crippen molar-refractivity contribution in [2.75, 3.05) is 0 Å². The fourth-order valence-corrected chi connectivity index (χ4v) is 3.79. The number of nitrogens with zero attached hydrogens (tertiary/aromatic N) is 3. The van der Waals surface area contributed by atoms with Crippen molar-refractivity contribution < 1.29 is 0 Å². The summed E-state index contributed by atoms with van der Waals surface area (Å²) in [6.07, 6.45) is 11.7. The molecule has 6 rings (SSSR count). The summed E-state index contributed by atoms with van der Waals surface area (Å²) in [7, 11) is 0. The third-order valence-electron chi connectivity index (χ3n) is 5.16. The Morgan fingerprint density at radius 3 is 1.90 bits per heavy atom. The molecule has 30 heavy (non-hydrogen) atoms. The molecule has 0 fully saturated rings. The minimum Gasteiger partial charge on any atom is -0.355 e. The third-order valence-corrected chi connectivity index (χ3v) is 5.16. The smallest absolute Gasteiger partial charge is 0.0659 e. The van der Waals surface area contributed by atoms with Gasteiger partial charge >= 0.3 is 0 Å². The Hall–Kier alpha value is -4.25. The second-order valence-electron chi connectivity index (χ2n) is 7.32. The van der Waals surface area contributed by atoms with E-state index in [1.807, 2.05) is 61.0 Å². The maximum absolute atomic E-state index is 4.74. The molecule has 8 bridgehead atoms. The lowest BCUT2D eigenvalue weighted by Crippen LogP contribution is -1.78. The molecule has 0 spiro atoms. The van der Waals surface area contributed by atoms with Crippen LogP contribution in [0.4, 0.5) is 0 Å². The maximum atomic E-state index is 4.74. The van der Waals surface area contributed by atoms with Crippen LogP contribution in [0.2, 0.25) is 0 Å². The van der Waals surface area contributed by atoms with Crippen LogP contribution in [0.5, 0.6) is 0 Å². The molecule has 0 unspecified atom stereocenters. The number of fused-ring (bicyclic) bond motifs is 8. The zero-order valence-electron chi connectivity index (χ0n) is 16.0. The Kier molecular flexibility index (Phi) is 3.71. The number of hydrogen-bond donors (Lipinski definition) is 2. The normalized spacial score (nSPS) is 12.4. The van der Waals surface area contributed by atoms with Crippen LogP contribution in [0.3, 0.4) is 0 Å². The summed E-state index contributed by atoms with van der Waals surface area (Å²) in [6.45, 7) is 0. The lowest BCUT2D eigenvalue weighted by atomic mass is 10.1. The zero-order valence-corrected chi connectivity index (χ0v) is 16.0. The van der Waals surface area contributed by atoms with E-state index in [-0.39, 0.29) is 0 Å². The molecule has 2 N–H and O–H groups in total. The molecule has 2 aliphatic heterocycles. The van der Waals surface area contributed by atoms with Crippen molar-refractivity contribution in [3.05, 3.63) is 89.8 Å². The molecule has 4 aromatic heterocycles. The summed E-state index contributed by atoms with van der Waals surface area (Å²) >= 11 is 0. The van der Waals surface area contributed by atoms with Gasteiger partial charge in [-0.1, -0.05) is 0 Å². The predicted octanol–water partition coefficient (Wildman–Crippen LogP) is 5.72. The minimum atomic E-state index is 0.893. The molecule has 5 heteroatoms. The highest BCUT2D eigenvalue weighted by atomic mass is 14.8. The average molecular weight is 387 g/mol. The summed E-state index contributed by atoms with van der Waals surface area (Å²) in [5.41, 5.74) is 9.89. The van der Waals surface area contributed by atoms with Crippen LogP contribution in [0.15, 0.2) is 67.0 Å². The first-order chi connectivity index (χ1) is 14.8. The molecule has 5 nitrogen and oxygen atoms in total. The first kappa shape index (κ1) is 16.7. The Balaban J connectivity index is 1.69. The van der Waals surface area contributed by atoms with Gasteiger partial charge in [0.15, 0.2) is 0 Å². The first-order valence-electron chi connectivity index (χ1n) is 9.77. The fourth-order valence-electron chi connectivity index (χ4n) is 3.79. The summed E-state index contributed by atoms with van der Waals surface area (Å²) in [6, 6.07) is 18.5. The lowest BCUT2D eigenvalue weighted by Gasteiger charge is -1.97. The molecule has 0 atom stereocenters. The monoisotopic (exact) mass is 387 g/mol. The van der Waals surface area contributed by atoms with Crippen molar-refractivity contribution in [1.82, 2.24) is 24.9 Å². The molecule has 2 aliphatic rings. The highest BCUT2D eigenvalue weighted by molar-refractivity contribution is 5.87. The standard InChI is InChI=1S/C25H17N5/c1-2-18-12-20-5-6-22(29-20)15-25-24(16-7-9-26-10-8-16)14-23(30-25)13-21-4-3-19(28-21)11-17(1)27-18/h1-15,28,30H. The minimum absolute atomic E-state index is 0.893. The summed E-state index contributed by atoms with van der Waals surface area (Å²) in [5.74, 6) is 0. The second-order valence-corrected chi connectivity index (χ2v) is 7.32. The van der Waals surface area contributed by atoms with Crippen LogP contribution < -0.4 is 0 Å². The predicted molar refractivity (Wildman–Crippen MR) is 122 cm³/mol. The van der Waals surface area contributed by atoms with E-state index in [0.29, 0.717) is 0 Å². The van der Waals surface area contributed by atoms with E-state index >= 15 is 0 Å². The van der Waals surface area contributed by atoms with Crippen molar-refractivity contribution in [2.24, 2.45) is 0 Å². The summed E-state index contributed by atoms with van der Waals surface area (Å²) in [4.78, 5) is 20.5. The van der Waals surface area contributed by atoms with Gasteiger partial charge in [0.05, 0.1) is 22.8 Å². The Morgan fingerprint density at radius 1 is 0.533 bits per heavy atom. The van der Waals surface area contributed by atoms with Crippen molar-refractivity contribution in [3.8, 4) is 11.1 Å². The van der Waals surface area contributed by atoms with Crippen LogP contribution in [0.1, 0.15) is 22.8 Å². The summed E-state index contributed by atoms with van der Waals surface area (Å²) in [5, 5.41) is 0. The van der Waals surface area contributed by atoms with Gasteiger partial charge in [-0.3, -0.25) is 4.98 Å². The van der Waals surface area contributed by atoms with Gasteiger partial charge in [0.2, 0.25) is 0 Å². The molecule has 0 amide bonds. The summed E-state index contributed by atoms with van der Waals surface area (Å²) < 4.78 is 0. The number of nitrogens with one attached hydrogen (secondary N) is 2. The van der Waals surface area contributed by atoms with Gasteiger partial charge in [0, 0.05) is 40.0 Å². The van der Waals surface area contributed by atoms with E-state index in [1.54, 1.807) is 0 Å². The Bertz CT molecular complexity index is 1490. The van der Waals surface area contributed by atoms with E-state index in [2.05, 4.69) is 50.3 Å². The number of rotatable bonds is 1. The van der Waals surface area contributed by atoms with E-state index in [4.69, 9.17) is 4.98 Å². The van der Waals surface area contributed by atoms with Gasteiger partial charge in [-0.05, 0) is 84.5 Å². The largest absolute Gasteiger partial charge is 0.355 e. The van der Waals surface area contributed by atoms with E-state index in [9.17, 15) is 0 Å².